The van der Waals surface area contributed by atoms with Crippen molar-refractivity contribution >= 4 is 40.2 Å². The molecule has 4 rings (SSSR count). The first-order valence-corrected chi connectivity index (χ1v) is 10.3. The Kier molecular flexibility index (Phi) is 5.58. The van der Waals surface area contributed by atoms with Gasteiger partial charge in [0.2, 0.25) is 5.91 Å². The van der Waals surface area contributed by atoms with Crippen molar-refractivity contribution in [1.29, 1.82) is 0 Å². The molecule has 1 aromatic heterocycles. The van der Waals surface area contributed by atoms with Gasteiger partial charge < -0.3 is 10.2 Å². The van der Waals surface area contributed by atoms with Gasteiger partial charge in [0.25, 0.3) is 5.91 Å². The number of carbonyl (C=O) groups excluding carboxylic acids is 2. The molecule has 1 saturated heterocycles. The number of nitrogens with one attached hydrogen (secondary N) is 1. The van der Waals surface area contributed by atoms with Gasteiger partial charge in [0.15, 0.2) is 0 Å². The number of carbonyl (C=O) groups is 2. The number of pyridine rings is 1. The van der Waals surface area contributed by atoms with Crippen molar-refractivity contribution in [1.82, 2.24) is 9.88 Å². The second-order valence-electron chi connectivity index (χ2n) is 6.74. The number of amides is 2. The van der Waals surface area contributed by atoms with Crippen LogP contribution < -0.4 is 5.32 Å². The first-order chi connectivity index (χ1) is 13.7. The zero-order valence-electron chi connectivity index (χ0n) is 15.4. The average Bonchev–Trinajstić information content (AvgIpc) is 3.27. The van der Waals surface area contributed by atoms with Crippen LogP contribution in [0.15, 0.2) is 65.7 Å². The van der Waals surface area contributed by atoms with Gasteiger partial charge in [-0.3, -0.25) is 14.6 Å². The lowest BCUT2D eigenvalue weighted by Gasteiger charge is -2.15. The SMILES string of the molecule is O=C(Nc1cnc2ccccc2c1)c1ccccc1SCC(=O)N1CCCC1. The lowest BCUT2D eigenvalue weighted by atomic mass is 10.2. The number of nitrogens with zero attached hydrogens (tertiary/aromatic N) is 2. The monoisotopic (exact) mass is 391 g/mol. The van der Waals surface area contributed by atoms with E-state index in [4.69, 9.17) is 0 Å². The van der Waals surface area contributed by atoms with E-state index in [1.165, 1.54) is 11.8 Å². The van der Waals surface area contributed by atoms with E-state index in [-0.39, 0.29) is 11.8 Å². The molecule has 142 valence electrons. The fourth-order valence-corrected chi connectivity index (χ4v) is 4.27. The van der Waals surface area contributed by atoms with Crippen LogP contribution in [-0.2, 0) is 4.79 Å². The van der Waals surface area contributed by atoms with E-state index in [2.05, 4.69) is 10.3 Å². The number of fused-ring (bicyclic) bond motifs is 1. The predicted molar refractivity (Wildman–Crippen MR) is 113 cm³/mol. The Labute approximate surface area is 168 Å². The molecular formula is C22H21N3O2S. The Balaban J connectivity index is 1.47. The summed E-state index contributed by atoms with van der Waals surface area (Å²) < 4.78 is 0. The second kappa shape index (κ2) is 8.44. The summed E-state index contributed by atoms with van der Waals surface area (Å²) in [4.78, 5) is 32.2. The van der Waals surface area contributed by atoms with Gasteiger partial charge in [0, 0.05) is 23.4 Å². The minimum absolute atomic E-state index is 0.136. The summed E-state index contributed by atoms with van der Waals surface area (Å²) in [6.07, 6.45) is 3.82. The van der Waals surface area contributed by atoms with Crippen LogP contribution in [0, 0.1) is 0 Å². The Hall–Kier alpha value is -2.86. The van der Waals surface area contributed by atoms with E-state index in [1.54, 1.807) is 12.3 Å². The van der Waals surface area contributed by atoms with E-state index in [1.807, 2.05) is 53.4 Å². The number of hydrogen-bond donors (Lipinski definition) is 1. The molecule has 0 bridgehead atoms. The van der Waals surface area contributed by atoms with Gasteiger partial charge >= 0.3 is 0 Å². The molecule has 1 aliphatic heterocycles. The zero-order chi connectivity index (χ0) is 19.3. The van der Waals surface area contributed by atoms with Crippen LogP contribution in [0.1, 0.15) is 23.2 Å². The van der Waals surface area contributed by atoms with Gasteiger partial charge in [0.05, 0.1) is 28.7 Å². The molecule has 6 heteroatoms. The smallest absolute Gasteiger partial charge is 0.256 e. The molecule has 2 aromatic carbocycles. The minimum Gasteiger partial charge on any atom is -0.342 e. The van der Waals surface area contributed by atoms with Crippen molar-refractivity contribution in [2.75, 3.05) is 24.2 Å². The highest BCUT2D eigenvalue weighted by molar-refractivity contribution is 8.00. The van der Waals surface area contributed by atoms with Crippen molar-refractivity contribution in [2.45, 2.75) is 17.7 Å². The van der Waals surface area contributed by atoms with E-state index < -0.39 is 0 Å². The normalized spacial score (nSPS) is 13.6. The predicted octanol–water partition coefficient (Wildman–Crippen LogP) is 4.20. The molecule has 5 nitrogen and oxygen atoms in total. The highest BCUT2D eigenvalue weighted by Crippen LogP contribution is 2.25. The summed E-state index contributed by atoms with van der Waals surface area (Å²) in [7, 11) is 0. The van der Waals surface area contributed by atoms with E-state index in [9.17, 15) is 9.59 Å². The number of likely N-dealkylation sites (tertiary alicyclic amines) is 1. The maximum atomic E-state index is 12.8. The first kappa shape index (κ1) is 18.5. The molecular weight excluding hydrogens is 370 g/mol. The average molecular weight is 391 g/mol. The molecule has 0 radical (unpaired) electrons. The summed E-state index contributed by atoms with van der Waals surface area (Å²) in [5, 5.41) is 3.89. The summed E-state index contributed by atoms with van der Waals surface area (Å²) in [6, 6.07) is 17.1. The molecule has 0 aliphatic carbocycles. The van der Waals surface area contributed by atoms with Crippen molar-refractivity contribution in [3.8, 4) is 0 Å². The van der Waals surface area contributed by atoms with Crippen LogP contribution in [0.5, 0.6) is 0 Å². The zero-order valence-corrected chi connectivity index (χ0v) is 16.2. The van der Waals surface area contributed by atoms with Crippen LogP contribution in [0.4, 0.5) is 5.69 Å². The van der Waals surface area contributed by atoms with Crippen molar-refractivity contribution < 1.29 is 9.59 Å². The molecule has 0 unspecified atom stereocenters. The highest BCUT2D eigenvalue weighted by atomic mass is 32.2. The molecule has 2 heterocycles. The number of benzene rings is 2. The van der Waals surface area contributed by atoms with Crippen molar-refractivity contribution in [2.24, 2.45) is 0 Å². The largest absolute Gasteiger partial charge is 0.342 e. The third-order valence-electron chi connectivity index (χ3n) is 4.79. The van der Waals surface area contributed by atoms with Crippen LogP contribution in [-0.4, -0.2) is 40.5 Å². The number of para-hydroxylation sites is 1. The van der Waals surface area contributed by atoms with Gasteiger partial charge in [-0.1, -0.05) is 30.3 Å². The number of rotatable bonds is 5. The molecule has 0 spiro atoms. The highest BCUT2D eigenvalue weighted by Gasteiger charge is 2.19. The van der Waals surface area contributed by atoms with Gasteiger partial charge in [-0.15, -0.1) is 11.8 Å². The lowest BCUT2D eigenvalue weighted by molar-refractivity contribution is -0.127. The van der Waals surface area contributed by atoms with Crippen LogP contribution in [0.2, 0.25) is 0 Å². The fraction of sp³-hybridized carbons (Fsp3) is 0.227. The van der Waals surface area contributed by atoms with Crippen molar-refractivity contribution in [3.05, 3.63) is 66.4 Å². The Morgan fingerprint density at radius 3 is 2.64 bits per heavy atom. The molecule has 2 amide bonds. The topological polar surface area (TPSA) is 62.3 Å². The summed E-state index contributed by atoms with van der Waals surface area (Å²) >= 11 is 1.42. The molecule has 0 saturated carbocycles. The number of thioether (sulfide) groups is 1. The van der Waals surface area contributed by atoms with Gasteiger partial charge in [-0.05, 0) is 37.1 Å². The van der Waals surface area contributed by atoms with Crippen LogP contribution in [0.25, 0.3) is 10.9 Å². The molecule has 0 atom stereocenters. The van der Waals surface area contributed by atoms with E-state index >= 15 is 0 Å². The number of hydrogen-bond acceptors (Lipinski definition) is 4. The van der Waals surface area contributed by atoms with Gasteiger partial charge in [-0.25, -0.2) is 0 Å². The fourth-order valence-electron chi connectivity index (χ4n) is 3.32. The van der Waals surface area contributed by atoms with Gasteiger partial charge in [0.1, 0.15) is 0 Å². The molecule has 28 heavy (non-hydrogen) atoms. The molecule has 1 N–H and O–H groups in total. The Bertz CT molecular complexity index is 1020. The third-order valence-corrected chi connectivity index (χ3v) is 5.85. The lowest BCUT2D eigenvalue weighted by Crippen LogP contribution is -2.29. The summed E-state index contributed by atoms with van der Waals surface area (Å²) in [5.74, 6) is 0.284. The van der Waals surface area contributed by atoms with E-state index in [0.29, 0.717) is 17.0 Å². The van der Waals surface area contributed by atoms with Gasteiger partial charge in [-0.2, -0.15) is 0 Å². The summed E-state index contributed by atoms with van der Waals surface area (Å²) in [5.41, 5.74) is 2.10. The summed E-state index contributed by atoms with van der Waals surface area (Å²) in [6.45, 7) is 1.69. The molecule has 1 fully saturated rings. The quantitative estimate of drug-likeness (QED) is 0.662. The third kappa shape index (κ3) is 4.17. The standard InChI is InChI=1S/C22H21N3O2S/c26-21(25-11-5-6-12-25)15-28-20-10-4-2-8-18(20)22(27)24-17-13-16-7-1-3-9-19(16)23-14-17/h1-4,7-10,13-14H,5-6,11-12,15H2,(H,24,27). The number of aromatic nitrogens is 1. The second-order valence-corrected chi connectivity index (χ2v) is 7.76. The maximum absolute atomic E-state index is 12.8. The van der Waals surface area contributed by atoms with Crippen molar-refractivity contribution in [3.63, 3.8) is 0 Å². The van der Waals surface area contributed by atoms with E-state index in [0.717, 1.165) is 41.7 Å². The molecule has 3 aromatic rings. The Morgan fingerprint density at radius 2 is 1.79 bits per heavy atom. The number of anilines is 1. The maximum Gasteiger partial charge on any atom is 0.256 e. The molecule has 1 aliphatic rings. The minimum atomic E-state index is -0.200. The van der Waals surface area contributed by atoms with Crippen LogP contribution in [0.3, 0.4) is 0 Å². The Morgan fingerprint density at radius 1 is 1.04 bits per heavy atom. The first-order valence-electron chi connectivity index (χ1n) is 9.36. The van der Waals surface area contributed by atoms with Crippen LogP contribution >= 0.6 is 11.8 Å².